The molecule has 8 heteroatoms. The Labute approximate surface area is 148 Å². The minimum Gasteiger partial charge on any atom is -0.385 e. The van der Waals surface area contributed by atoms with E-state index in [4.69, 9.17) is 4.74 Å². The first-order chi connectivity index (χ1) is 11.1. The van der Waals surface area contributed by atoms with Crippen molar-refractivity contribution in [2.75, 3.05) is 66.0 Å². The molecule has 0 rings (SSSR count). The molecule has 24 heavy (non-hydrogen) atoms. The van der Waals surface area contributed by atoms with Gasteiger partial charge in [0.25, 0.3) is 0 Å². The van der Waals surface area contributed by atoms with E-state index in [2.05, 4.69) is 41.4 Å². The van der Waals surface area contributed by atoms with Crippen molar-refractivity contribution in [3.8, 4) is 0 Å². The maximum atomic E-state index is 11.3. The van der Waals surface area contributed by atoms with Crippen LogP contribution < -0.4 is 10.6 Å². The highest BCUT2D eigenvalue weighted by molar-refractivity contribution is 7.90. The smallest absolute Gasteiger partial charge is 0.191 e. The van der Waals surface area contributed by atoms with Crippen LogP contribution in [0.25, 0.3) is 0 Å². The normalized spacial score (nSPS) is 13.4. The Bertz CT molecular complexity index is 464. The number of hydrogen-bond donors (Lipinski definition) is 2. The van der Waals surface area contributed by atoms with E-state index >= 15 is 0 Å². The van der Waals surface area contributed by atoms with Crippen molar-refractivity contribution in [2.45, 2.75) is 26.7 Å². The van der Waals surface area contributed by atoms with Crippen molar-refractivity contribution in [3.63, 3.8) is 0 Å². The van der Waals surface area contributed by atoms with Crippen LogP contribution in [0.1, 0.15) is 26.7 Å². The third-order valence-electron chi connectivity index (χ3n) is 3.78. The zero-order valence-electron chi connectivity index (χ0n) is 16.2. The van der Waals surface area contributed by atoms with Gasteiger partial charge < -0.3 is 20.3 Å². The molecule has 0 radical (unpaired) electrons. The van der Waals surface area contributed by atoms with E-state index in [1.165, 1.54) is 6.26 Å². The summed E-state index contributed by atoms with van der Waals surface area (Å²) in [7, 11) is 2.62. The number of ether oxygens (including phenoxy) is 1. The number of nitrogens with one attached hydrogen (secondary N) is 2. The molecule has 0 saturated carbocycles. The molecule has 0 saturated heterocycles. The van der Waals surface area contributed by atoms with Gasteiger partial charge in [-0.3, -0.25) is 4.99 Å². The molecule has 0 fully saturated rings. The van der Waals surface area contributed by atoms with Gasteiger partial charge in [-0.05, 0) is 25.3 Å². The van der Waals surface area contributed by atoms with Crippen molar-refractivity contribution in [1.29, 1.82) is 0 Å². The molecule has 0 atom stereocenters. The molecule has 0 aromatic heterocycles. The second-order valence-corrected chi connectivity index (χ2v) is 9.31. The molecule has 0 aliphatic heterocycles. The number of hydrogen-bond acceptors (Lipinski definition) is 5. The molecule has 0 aromatic carbocycles. The molecule has 0 bridgehead atoms. The van der Waals surface area contributed by atoms with Crippen LogP contribution in [-0.4, -0.2) is 85.3 Å². The van der Waals surface area contributed by atoms with Gasteiger partial charge in [0, 0.05) is 53.2 Å². The SMILES string of the molecule is CN=C(NCCN(C)CCCOC)NCC(C)(C)CCS(C)(=O)=O. The molecule has 0 heterocycles. The number of guanidine groups is 1. The van der Waals surface area contributed by atoms with E-state index < -0.39 is 9.84 Å². The Morgan fingerprint density at radius 3 is 2.46 bits per heavy atom. The molecular weight excluding hydrogens is 328 g/mol. The fraction of sp³-hybridized carbons (Fsp3) is 0.938. The lowest BCUT2D eigenvalue weighted by atomic mass is 9.90. The summed E-state index contributed by atoms with van der Waals surface area (Å²) in [6.45, 7) is 8.29. The van der Waals surface area contributed by atoms with E-state index in [1.807, 2.05) is 0 Å². The van der Waals surface area contributed by atoms with Crippen LogP contribution in [-0.2, 0) is 14.6 Å². The number of methoxy groups -OCH3 is 1. The van der Waals surface area contributed by atoms with E-state index in [0.717, 1.165) is 38.6 Å². The van der Waals surface area contributed by atoms with E-state index in [0.29, 0.717) is 13.0 Å². The van der Waals surface area contributed by atoms with E-state index in [-0.39, 0.29) is 11.2 Å². The average Bonchev–Trinajstić information content (AvgIpc) is 2.48. The van der Waals surface area contributed by atoms with Crippen LogP contribution >= 0.6 is 0 Å². The van der Waals surface area contributed by atoms with Crippen molar-refractivity contribution < 1.29 is 13.2 Å². The van der Waals surface area contributed by atoms with Crippen LogP contribution in [0.15, 0.2) is 4.99 Å². The van der Waals surface area contributed by atoms with Gasteiger partial charge in [0.15, 0.2) is 5.96 Å². The van der Waals surface area contributed by atoms with Crippen molar-refractivity contribution in [1.82, 2.24) is 15.5 Å². The van der Waals surface area contributed by atoms with Crippen LogP contribution in [0.5, 0.6) is 0 Å². The van der Waals surface area contributed by atoms with E-state index in [9.17, 15) is 8.42 Å². The van der Waals surface area contributed by atoms with Crippen molar-refractivity contribution >= 4 is 15.8 Å². The molecule has 144 valence electrons. The Morgan fingerprint density at radius 1 is 1.25 bits per heavy atom. The summed E-state index contributed by atoms with van der Waals surface area (Å²) in [5.74, 6) is 0.952. The summed E-state index contributed by atoms with van der Waals surface area (Å²) in [5.41, 5.74) is -0.113. The number of aliphatic imine (C=N–C) groups is 1. The Morgan fingerprint density at radius 2 is 1.92 bits per heavy atom. The summed E-state index contributed by atoms with van der Waals surface area (Å²) in [6, 6.07) is 0. The highest BCUT2D eigenvalue weighted by Gasteiger charge is 2.20. The van der Waals surface area contributed by atoms with Crippen molar-refractivity contribution in [2.24, 2.45) is 10.4 Å². The number of likely N-dealkylation sites (N-methyl/N-ethyl adjacent to an activating group) is 1. The lowest BCUT2D eigenvalue weighted by Crippen LogP contribution is -2.44. The second kappa shape index (κ2) is 11.7. The largest absolute Gasteiger partial charge is 0.385 e. The minimum absolute atomic E-state index is 0.113. The highest BCUT2D eigenvalue weighted by atomic mass is 32.2. The summed E-state index contributed by atoms with van der Waals surface area (Å²) < 4.78 is 27.7. The van der Waals surface area contributed by atoms with Gasteiger partial charge in [0.1, 0.15) is 9.84 Å². The molecule has 0 spiro atoms. The Hall–Kier alpha value is -0.860. The zero-order valence-corrected chi connectivity index (χ0v) is 17.0. The maximum absolute atomic E-state index is 11.3. The summed E-state index contributed by atoms with van der Waals surface area (Å²) in [5, 5.41) is 6.56. The highest BCUT2D eigenvalue weighted by Crippen LogP contribution is 2.19. The third kappa shape index (κ3) is 13.6. The lowest BCUT2D eigenvalue weighted by molar-refractivity contribution is 0.180. The Balaban J connectivity index is 4.06. The van der Waals surface area contributed by atoms with E-state index in [1.54, 1.807) is 14.2 Å². The first kappa shape index (κ1) is 23.1. The van der Waals surface area contributed by atoms with Crippen LogP contribution in [0, 0.1) is 5.41 Å². The Kier molecular flexibility index (Phi) is 11.2. The quantitative estimate of drug-likeness (QED) is 0.299. The molecule has 2 N–H and O–H groups in total. The molecule has 7 nitrogen and oxygen atoms in total. The summed E-state index contributed by atoms with van der Waals surface area (Å²) >= 11 is 0. The summed E-state index contributed by atoms with van der Waals surface area (Å²) in [4.78, 5) is 6.46. The molecular formula is C16H36N4O3S. The number of nitrogens with zero attached hydrogens (tertiary/aromatic N) is 2. The predicted octanol–water partition coefficient (Wildman–Crippen LogP) is 0.581. The van der Waals surface area contributed by atoms with Crippen LogP contribution in [0.3, 0.4) is 0 Å². The van der Waals surface area contributed by atoms with Crippen LogP contribution in [0.4, 0.5) is 0 Å². The molecule has 0 aromatic rings. The lowest BCUT2D eigenvalue weighted by Gasteiger charge is -2.26. The van der Waals surface area contributed by atoms with Gasteiger partial charge in [-0.15, -0.1) is 0 Å². The van der Waals surface area contributed by atoms with Crippen LogP contribution in [0.2, 0.25) is 0 Å². The second-order valence-electron chi connectivity index (χ2n) is 7.05. The number of sulfone groups is 1. The van der Waals surface area contributed by atoms with Gasteiger partial charge in [-0.25, -0.2) is 8.42 Å². The fourth-order valence-electron chi connectivity index (χ4n) is 2.05. The van der Waals surface area contributed by atoms with Gasteiger partial charge in [-0.2, -0.15) is 0 Å². The standard InChI is InChI=1S/C16H36N4O3S/c1-16(2,8-13-24(6,21)22)14-19-15(17-3)18-9-11-20(4)10-7-12-23-5/h7-14H2,1-6H3,(H2,17,18,19). The first-order valence-electron chi connectivity index (χ1n) is 8.39. The summed E-state index contributed by atoms with van der Waals surface area (Å²) in [6.07, 6.45) is 2.92. The third-order valence-corrected chi connectivity index (χ3v) is 4.73. The zero-order chi connectivity index (χ0) is 18.6. The molecule has 0 aliphatic rings. The van der Waals surface area contributed by atoms with Gasteiger partial charge in [0.05, 0.1) is 5.75 Å². The monoisotopic (exact) mass is 364 g/mol. The fourth-order valence-corrected chi connectivity index (χ4v) is 2.97. The molecule has 0 amide bonds. The topological polar surface area (TPSA) is 83.0 Å². The first-order valence-corrected chi connectivity index (χ1v) is 10.5. The molecule has 0 unspecified atom stereocenters. The number of rotatable bonds is 12. The van der Waals surface area contributed by atoms with Gasteiger partial charge >= 0.3 is 0 Å². The van der Waals surface area contributed by atoms with Gasteiger partial charge in [0.2, 0.25) is 0 Å². The average molecular weight is 365 g/mol. The predicted molar refractivity (Wildman–Crippen MR) is 101 cm³/mol. The maximum Gasteiger partial charge on any atom is 0.191 e. The van der Waals surface area contributed by atoms with Gasteiger partial charge in [-0.1, -0.05) is 13.8 Å². The molecule has 0 aliphatic carbocycles. The minimum atomic E-state index is -2.92. The van der Waals surface area contributed by atoms with Crippen molar-refractivity contribution in [3.05, 3.63) is 0 Å².